The molecular weight excluding hydrogens is 300 g/mol. The number of nitrogens with zero attached hydrogens (tertiary/aromatic N) is 2. The molecule has 4 nitrogen and oxygen atoms in total. The molecule has 1 aromatic heterocycles. The highest BCUT2D eigenvalue weighted by atomic mass is 16.4. The van der Waals surface area contributed by atoms with Gasteiger partial charge in [-0.15, -0.1) is 0 Å². The van der Waals surface area contributed by atoms with E-state index < -0.39 is 5.97 Å². The third-order valence-corrected chi connectivity index (χ3v) is 5.14. The molecule has 1 N–H and O–H groups in total. The summed E-state index contributed by atoms with van der Waals surface area (Å²) < 4.78 is 2.33. The van der Waals surface area contributed by atoms with Crippen molar-refractivity contribution in [1.82, 2.24) is 9.47 Å². The molecule has 0 bridgehead atoms. The zero-order valence-electron chi connectivity index (χ0n) is 14.8. The fraction of sp³-hybridized carbons (Fsp3) is 0.550. The van der Waals surface area contributed by atoms with Crippen LogP contribution in [0.2, 0.25) is 0 Å². The maximum atomic E-state index is 11.4. The zero-order valence-corrected chi connectivity index (χ0v) is 14.8. The fourth-order valence-electron chi connectivity index (χ4n) is 3.84. The Morgan fingerprint density at radius 1 is 1.21 bits per heavy atom. The first-order chi connectivity index (χ1) is 11.6. The summed E-state index contributed by atoms with van der Waals surface area (Å²) in [5.74, 6) is -0.841. The zero-order chi connectivity index (χ0) is 17.1. The van der Waals surface area contributed by atoms with Crippen LogP contribution >= 0.6 is 0 Å². The number of aryl methyl sites for hydroxylation is 2. The highest BCUT2D eigenvalue weighted by Gasteiger charge is 2.16. The van der Waals surface area contributed by atoms with Gasteiger partial charge in [0.2, 0.25) is 0 Å². The maximum Gasteiger partial charge on any atom is 0.335 e. The highest BCUT2D eigenvalue weighted by Crippen LogP contribution is 2.28. The van der Waals surface area contributed by atoms with Crippen molar-refractivity contribution >= 4 is 16.9 Å². The number of likely N-dealkylation sites (tertiary alicyclic amines) is 1. The number of aromatic carboxylic acids is 1. The molecule has 0 amide bonds. The Kier molecular flexibility index (Phi) is 5.24. The van der Waals surface area contributed by atoms with E-state index in [0.29, 0.717) is 5.56 Å². The van der Waals surface area contributed by atoms with Gasteiger partial charge in [0.25, 0.3) is 0 Å². The Bertz CT molecular complexity index is 727. The summed E-state index contributed by atoms with van der Waals surface area (Å²) in [6.07, 6.45) is 8.18. The summed E-state index contributed by atoms with van der Waals surface area (Å²) in [4.78, 5) is 14.0. The second-order valence-corrected chi connectivity index (χ2v) is 6.99. The molecule has 1 aliphatic rings. The number of rotatable bonds is 7. The molecular formula is C20H28N2O2. The van der Waals surface area contributed by atoms with Crippen LogP contribution in [0.5, 0.6) is 0 Å². The Morgan fingerprint density at radius 2 is 1.96 bits per heavy atom. The molecule has 0 atom stereocenters. The Balaban J connectivity index is 1.96. The van der Waals surface area contributed by atoms with E-state index in [9.17, 15) is 9.90 Å². The van der Waals surface area contributed by atoms with Crippen molar-refractivity contribution in [3.8, 4) is 0 Å². The minimum Gasteiger partial charge on any atom is -0.478 e. The van der Waals surface area contributed by atoms with E-state index in [1.807, 2.05) is 13.0 Å². The molecule has 1 saturated heterocycles. The number of unbranched alkanes of at least 4 members (excludes halogenated alkanes) is 1. The van der Waals surface area contributed by atoms with Gasteiger partial charge >= 0.3 is 5.97 Å². The van der Waals surface area contributed by atoms with E-state index in [-0.39, 0.29) is 0 Å². The van der Waals surface area contributed by atoms with Crippen molar-refractivity contribution < 1.29 is 9.90 Å². The van der Waals surface area contributed by atoms with Gasteiger partial charge in [0.15, 0.2) is 0 Å². The van der Waals surface area contributed by atoms with Crippen molar-refractivity contribution in [3.05, 3.63) is 35.0 Å². The molecule has 24 heavy (non-hydrogen) atoms. The van der Waals surface area contributed by atoms with Crippen LogP contribution in [0.15, 0.2) is 18.3 Å². The van der Waals surface area contributed by atoms with Gasteiger partial charge in [-0.25, -0.2) is 4.79 Å². The molecule has 1 aliphatic heterocycles. The van der Waals surface area contributed by atoms with Crippen LogP contribution in [0.25, 0.3) is 10.9 Å². The summed E-state index contributed by atoms with van der Waals surface area (Å²) in [6.45, 7) is 8.71. The van der Waals surface area contributed by atoms with Crippen molar-refractivity contribution in [2.75, 3.05) is 19.6 Å². The number of benzene rings is 1. The van der Waals surface area contributed by atoms with Gasteiger partial charge in [0, 0.05) is 24.7 Å². The number of fused-ring (bicyclic) bond motifs is 1. The second-order valence-electron chi connectivity index (χ2n) is 6.99. The lowest BCUT2D eigenvalue weighted by Crippen LogP contribution is -2.21. The van der Waals surface area contributed by atoms with Crippen LogP contribution < -0.4 is 0 Å². The number of carbonyl (C=O) groups is 1. The molecule has 1 fully saturated rings. The van der Waals surface area contributed by atoms with Gasteiger partial charge in [-0.3, -0.25) is 0 Å². The summed E-state index contributed by atoms with van der Waals surface area (Å²) >= 11 is 0. The average molecular weight is 328 g/mol. The molecule has 0 saturated carbocycles. The number of carboxylic acid groups (broad SMARTS) is 1. The predicted octanol–water partition coefficient (Wildman–Crippen LogP) is 4.09. The fourth-order valence-corrected chi connectivity index (χ4v) is 3.84. The Labute approximate surface area is 144 Å². The minimum absolute atomic E-state index is 0.399. The van der Waals surface area contributed by atoms with Crippen LogP contribution in [-0.4, -0.2) is 40.2 Å². The summed E-state index contributed by atoms with van der Waals surface area (Å²) in [6, 6.07) is 3.67. The second kappa shape index (κ2) is 7.39. The van der Waals surface area contributed by atoms with Crippen molar-refractivity contribution in [2.45, 2.75) is 52.5 Å². The van der Waals surface area contributed by atoms with Crippen molar-refractivity contribution in [2.24, 2.45) is 0 Å². The lowest BCUT2D eigenvalue weighted by atomic mass is 10.0. The lowest BCUT2D eigenvalue weighted by Gasteiger charge is -2.13. The number of hydrogen-bond donors (Lipinski definition) is 1. The molecule has 2 aromatic rings. The minimum atomic E-state index is -0.841. The quantitative estimate of drug-likeness (QED) is 0.833. The van der Waals surface area contributed by atoms with Crippen molar-refractivity contribution in [1.29, 1.82) is 0 Å². The first-order valence-electron chi connectivity index (χ1n) is 9.18. The molecule has 4 heteroatoms. The number of hydrogen-bond acceptors (Lipinski definition) is 2. The van der Waals surface area contributed by atoms with Crippen molar-refractivity contribution in [3.63, 3.8) is 0 Å². The van der Waals surface area contributed by atoms with Crippen LogP contribution in [0.3, 0.4) is 0 Å². The molecule has 130 valence electrons. The normalized spacial score (nSPS) is 15.4. The van der Waals surface area contributed by atoms with E-state index in [1.165, 1.54) is 37.0 Å². The van der Waals surface area contributed by atoms with Crippen LogP contribution in [0.1, 0.15) is 54.1 Å². The topological polar surface area (TPSA) is 45.5 Å². The van der Waals surface area contributed by atoms with Crippen LogP contribution in [0.4, 0.5) is 0 Å². The monoisotopic (exact) mass is 328 g/mol. The van der Waals surface area contributed by atoms with E-state index in [2.05, 4.69) is 22.6 Å². The molecule has 1 aromatic carbocycles. The molecule has 2 heterocycles. The third-order valence-electron chi connectivity index (χ3n) is 5.14. The number of aromatic nitrogens is 1. The van der Waals surface area contributed by atoms with Gasteiger partial charge in [-0.05, 0) is 69.0 Å². The summed E-state index contributed by atoms with van der Waals surface area (Å²) in [5, 5.41) is 10.5. The smallest absolute Gasteiger partial charge is 0.335 e. The van der Waals surface area contributed by atoms with E-state index in [1.54, 1.807) is 6.07 Å². The van der Waals surface area contributed by atoms with E-state index >= 15 is 0 Å². The first-order valence-corrected chi connectivity index (χ1v) is 9.18. The van der Waals surface area contributed by atoms with Gasteiger partial charge < -0.3 is 14.6 Å². The highest BCUT2D eigenvalue weighted by molar-refractivity contribution is 5.96. The summed E-state index contributed by atoms with van der Waals surface area (Å²) in [7, 11) is 0. The lowest BCUT2D eigenvalue weighted by molar-refractivity contribution is 0.0697. The van der Waals surface area contributed by atoms with Gasteiger partial charge in [-0.1, -0.05) is 13.3 Å². The van der Waals surface area contributed by atoms with Gasteiger partial charge in [0.1, 0.15) is 0 Å². The largest absolute Gasteiger partial charge is 0.478 e. The first kappa shape index (κ1) is 17.0. The van der Waals surface area contributed by atoms with Crippen LogP contribution in [-0.2, 0) is 13.0 Å². The molecule has 0 unspecified atom stereocenters. The molecule has 3 rings (SSSR count). The SMILES string of the molecule is CCCCn1cc(CCN2CCCC2)c2cc(C(=O)O)cc(C)c21. The van der Waals surface area contributed by atoms with E-state index in [4.69, 9.17) is 0 Å². The van der Waals surface area contributed by atoms with Gasteiger partial charge in [0.05, 0.1) is 11.1 Å². The van der Waals surface area contributed by atoms with Gasteiger partial charge in [-0.2, -0.15) is 0 Å². The Morgan fingerprint density at radius 3 is 2.62 bits per heavy atom. The summed E-state index contributed by atoms with van der Waals surface area (Å²) in [5.41, 5.74) is 3.97. The third kappa shape index (κ3) is 3.48. The van der Waals surface area contributed by atoms with Crippen LogP contribution in [0, 0.1) is 6.92 Å². The molecule has 0 spiro atoms. The average Bonchev–Trinajstić information content (AvgIpc) is 3.18. The number of carboxylic acids is 1. The maximum absolute atomic E-state index is 11.4. The van der Waals surface area contributed by atoms with E-state index in [0.717, 1.165) is 43.3 Å². The molecule has 0 radical (unpaired) electrons. The standard InChI is InChI=1S/C20H28N2O2/c1-3-4-10-22-14-16(7-11-21-8-5-6-9-21)18-13-17(20(23)24)12-15(2)19(18)22/h12-14H,3-11H2,1-2H3,(H,23,24). The predicted molar refractivity (Wildman–Crippen MR) is 97.9 cm³/mol. The Hall–Kier alpha value is -1.81. The molecule has 0 aliphatic carbocycles.